The molecular weight excluding hydrogens is 420 g/mol. The number of anilines is 1. The summed E-state index contributed by atoms with van der Waals surface area (Å²) in [5.41, 5.74) is 4.20. The molecule has 6 heteroatoms. The number of hydrogen-bond donors (Lipinski definition) is 1. The first kappa shape index (κ1) is 21.6. The Morgan fingerprint density at radius 2 is 1.73 bits per heavy atom. The first-order valence-corrected chi connectivity index (χ1v) is 11.4. The third-order valence-corrected chi connectivity index (χ3v) is 6.72. The summed E-state index contributed by atoms with van der Waals surface area (Å²) in [6, 6.07) is 21.3. The van der Waals surface area contributed by atoms with Gasteiger partial charge in [-0.3, -0.25) is 9.69 Å². The van der Waals surface area contributed by atoms with Crippen LogP contribution >= 0.6 is 0 Å². The van der Waals surface area contributed by atoms with Crippen LogP contribution in [0.1, 0.15) is 16.7 Å². The van der Waals surface area contributed by atoms with Gasteiger partial charge in [-0.2, -0.15) is 0 Å². The van der Waals surface area contributed by atoms with E-state index in [9.17, 15) is 13.6 Å². The zero-order valence-electron chi connectivity index (χ0n) is 18.4. The van der Waals surface area contributed by atoms with Gasteiger partial charge in [-0.1, -0.05) is 42.5 Å². The second-order valence-electron chi connectivity index (χ2n) is 8.91. The minimum atomic E-state index is -0.303. The van der Waals surface area contributed by atoms with Crippen molar-refractivity contribution in [3.8, 4) is 0 Å². The lowest BCUT2D eigenvalue weighted by molar-refractivity contribution is -0.126. The fraction of sp³-hybridized carbons (Fsp3) is 0.296. The van der Waals surface area contributed by atoms with Gasteiger partial charge >= 0.3 is 0 Å². The molecule has 3 aromatic rings. The molecule has 0 spiro atoms. The molecule has 1 fully saturated rings. The molecule has 1 N–H and O–H groups in total. The maximum Gasteiger partial charge on any atom is 0.225 e. The number of nitrogens with one attached hydrogen (secondary N) is 1. The highest BCUT2D eigenvalue weighted by Crippen LogP contribution is 2.36. The van der Waals surface area contributed by atoms with Crippen LogP contribution in [0.2, 0.25) is 0 Å². The number of carbonyl (C=O) groups excluding carboxylic acids is 1. The topological polar surface area (TPSA) is 35.6 Å². The number of benzene rings is 3. The van der Waals surface area contributed by atoms with E-state index in [2.05, 4.69) is 27.2 Å². The summed E-state index contributed by atoms with van der Waals surface area (Å²) in [5.74, 6) is -0.748. The molecule has 2 atom stereocenters. The molecular formula is C27H27F2N3O. The van der Waals surface area contributed by atoms with E-state index < -0.39 is 0 Å². The van der Waals surface area contributed by atoms with E-state index in [-0.39, 0.29) is 29.5 Å². The molecule has 1 amide bonds. The van der Waals surface area contributed by atoms with E-state index in [4.69, 9.17) is 0 Å². The fourth-order valence-corrected chi connectivity index (χ4v) is 5.08. The van der Waals surface area contributed by atoms with Crippen LogP contribution in [0.25, 0.3) is 0 Å². The molecule has 5 rings (SSSR count). The van der Waals surface area contributed by atoms with Gasteiger partial charge in [0.1, 0.15) is 11.6 Å². The lowest BCUT2D eigenvalue weighted by Gasteiger charge is -2.49. The van der Waals surface area contributed by atoms with Crippen molar-refractivity contribution in [2.75, 3.05) is 24.5 Å². The van der Waals surface area contributed by atoms with E-state index >= 15 is 0 Å². The minimum absolute atomic E-state index is 0.00704. The molecule has 0 bridgehead atoms. The molecule has 1 saturated heterocycles. The van der Waals surface area contributed by atoms with E-state index in [0.29, 0.717) is 13.0 Å². The zero-order chi connectivity index (χ0) is 22.8. The SMILES string of the molecule is O=C(NCc1cccc(F)c1)[C@H]1Cc2ccccc2N2CCN(Cc3ccc(F)cc3)C[C@H]12. The minimum Gasteiger partial charge on any atom is -0.365 e. The highest BCUT2D eigenvalue weighted by atomic mass is 19.1. The maximum absolute atomic E-state index is 13.5. The summed E-state index contributed by atoms with van der Waals surface area (Å²) in [6.07, 6.45) is 0.677. The monoisotopic (exact) mass is 447 g/mol. The Balaban J connectivity index is 1.34. The summed E-state index contributed by atoms with van der Waals surface area (Å²) in [4.78, 5) is 18.0. The fourth-order valence-electron chi connectivity index (χ4n) is 5.08. The van der Waals surface area contributed by atoms with Crippen molar-refractivity contribution in [2.24, 2.45) is 5.92 Å². The molecule has 4 nitrogen and oxygen atoms in total. The number of para-hydroxylation sites is 1. The Bertz CT molecular complexity index is 1130. The number of amides is 1. The molecule has 2 aliphatic rings. The average Bonchev–Trinajstić information content (AvgIpc) is 2.83. The van der Waals surface area contributed by atoms with Crippen molar-refractivity contribution < 1.29 is 13.6 Å². The van der Waals surface area contributed by atoms with Crippen LogP contribution in [-0.4, -0.2) is 36.5 Å². The van der Waals surface area contributed by atoms with Crippen LogP contribution in [0.5, 0.6) is 0 Å². The van der Waals surface area contributed by atoms with Gasteiger partial charge in [0, 0.05) is 38.4 Å². The van der Waals surface area contributed by atoms with Crippen molar-refractivity contribution in [3.63, 3.8) is 0 Å². The van der Waals surface area contributed by atoms with Crippen LogP contribution in [0, 0.1) is 17.6 Å². The number of halogens is 2. The van der Waals surface area contributed by atoms with Crippen LogP contribution in [0.15, 0.2) is 72.8 Å². The van der Waals surface area contributed by atoms with Crippen molar-refractivity contribution in [1.29, 1.82) is 0 Å². The Kier molecular flexibility index (Phi) is 6.09. The third-order valence-electron chi connectivity index (χ3n) is 6.72. The standard InChI is InChI=1S/C27H27F2N3O/c28-22-10-8-19(9-11-22)17-31-12-13-32-25-7-2-1-5-21(25)15-24(26(32)18-31)27(33)30-16-20-4-3-6-23(29)14-20/h1-11,14,24,26H,12-13,15-18H2,(H,30,33)/t24-,26+/m0/s1. The molecule has 170 valence electrons. The van der Waals surface area contributed by atoms with Crippen LogP contribution in [0.4, 0.5) is 14.5 Å². The summed E-state index contributed by atoms with van der Waals surface area (Å²) in [7, 11) is 0. The van der Waals surface area contributed by atoms with Gasteiger partial charge in [0.2, 0.25) is 5.91 Å². The van der Waals surface area contributed by atoms with Gasteiger partial charge < -0.3 is 10.2 Å². The Morgan fingerprint density at radius 1 is 0.909 bits per heavy atom. The molecule has 0 aromatic heterocycles. The van der Waals surface area contributed by atoms with Gasteiger partial charge in [-0.05, 0) is 53.4 Å². The molecule has 0 aliphatic carbocycles. The number of carbonyl (C=O) groups is 1. The van der Waals surface area contributed by atoms with Crippen molar-refractivity contribution in [2.45, 2.75) is 25.6 Å². The van der Waals surface area contributed by atoms with Gasteiger partial charge in [0.05, 0.1) is 12.0 Å². The van der Waals surface area contributed by atoms with Crippen LogP contribution < -0.4 is 10.2 Å². The van der Waals surface area contributed by atoms with Crippen LogP contribution in [-0.2, 0) is 24.3 Å². The average molecular weight is 448 g/mol. The van der Waals surface area contributed by atoms with Gasteiger partial charge in [-0.25, -0.2) is 8.78 Å². The lowest BCUT2D eigenvalue weighted by Crippen LogP contribution is -2.60. The van der Waals surface area contributed by atoms with E-state index in [1.165, 1.54) is 35.5 Å². The lowest BCUT2D eigenvalue weighted by atomic mass is 9.83. The van der Waals surface area contributed by atoms with Crippen molar-refractivity contribution >= 4 is 11.6 Å². The molecule has 0 unspecified atom stereocenters. The highest BCUT2D eigenvalue weighted by Gasteiger charge is 2.41. The number of fused-ring (bicyclic) bond motifs is 3. The maximum atomic E-state index is 13.5. The highest BCUT2D eigenvalue weighted by molar-refractivity contribution is 5.82. The smallest absolute Gasteiger partial charge is 0.225 e. The van der Waals surface area contributed by atoms with E-state index in [0.717, 1.165) is 37.3 Å². The summed E-state index contributed by atoms with van der Waals surface area (Å²) in [5, 5.41) is 3.04. The van der Waals surface area contributed by atoms with E-state index in [1.54, 1.807) is 6.07 Å². The number of piperazine rings is 1. The number of hydrogen-bond acceptors (Lipinski definition) is 3. The molecule has 2 heterocycles. The largest absolute Gasteiger partial charge is 0.365 e. The predicted octanol–water partition coefficient (Wildman–Crippen LogP) is 4.14. The Labute approximate surface area is 192 Å². The van der Waals surface area contributed by atoms with Gasteiger partial charge in [-0.15, -0.1) is 0 Å². The second-order valence-corrected chi connectivity index (χ2v) is 8.91. The number of nitrogens with zero attached hydrogens (tertiary/aromatic N) is 2. The van der Waals surface area contributed by atoms with Gasteiger partial charge in [0.25, 0.3) is 0 Å². The molecule has 0 radical (unpaired) electrons. The zero-order valence-corrected chi connectivity index (χ0v) is 18.4. The third kappa shape index (κ3) is 4.76. The first-order chi connectivity index (χ1) is 16.1. The first-order valence-electron chi connectivity index (χ1n) is 11.4. The predicted molar refractivity (Wildman–Crippen MR) is 125 cm³/mol. The molecule has 3 aromatic carbocycles. The Hall–Kier alpha value is -3.25. The van der Waals surface area contributed by atoms with E-state index in [1.807, 2.05) is 30.3 Å². The van der Waals surface area contributed by atoms with Crippen molar-refractivity contribution in [3.05, 3.63) is 101 Å². The summed E-state index contributed by atoms with van der Waals surface area (Å²) in [6.45, 7) is 3.49. The van der Waals surface area contributed by atoms with Crippen LogP contribution in [0.3, 0.4) is 0 Å². The summed E-state index contributed by atoms with van der Waals surface area (Å²) < 4.78 is 26.8. The summed E-state index contributed by atoms with van der Waals surface area (Å²) >= 11 is 0. The second kappa shape index (κ2) is 9.32. The quantitative estimate of drug-likeness (QED) is 0.639. The molecule has 0 saturated carbocycles. The van der Waals surface area contributed by atoms with Gasteiger partial charge in [0.15, 0.2) is 0 Å². The van der Waals surface area contributed by atoms with Crippen molar-refractivity contribution in [1.82, 2.24) is 10.2 Å². The molecule has 33 heavy (non-hydrogen) atoms. The molecule has 2 aliphatic heterocycles. The number of rotatable bonds is 5. The normalized spacial score (nSPS) is 20.1. The Morgan fingerprint density at radius 3 is 2.55 bits per heavy atom.